The van der Waals surface area contributed by atoms with Crippen molar-refractivity contribution in [2.24, 2.45) is 5.92 Å². The number of nitrogens with one attached hydrogen (secondary N) is 1. The molecule has 7 heteroatoms. The number of carbonyl (C=O) groups excluding carboxylic acids is 1. The largest absolute Gasteiger partial charge is 0.354 e. The maximum Gasteiger partial charge on any atom is 0.243 e. The molecule has 1 fully saturated rings. The van der Waals surface area contributed by atoms with Gasteiger partial charge in [0.15, 0.2) is 0 Å². The molecule has 1 aromatic carbocycles. The second-order valence-corrected chi connectivity index (χ2v) is 9.67. The monoisotopic (exact) mass is 409 g/mol. The molecule has 6 nitrogen and oxygen atoms in total. The van der Waals surface area contributed by atoms with E-state index in [1.54, 1.807) is 6.07 Å². The quantitative estimate of drug-likeness (QED) is 0.716. The van der Waals surface area contributed by atoms with Crippen LogP contribution in [0.1, 0.15) is 44.7 Å². The third kappa shape index (κ3) is 5.33. The van der Waals surface area contributed by atoms with Crippen LogP contribution < -0.4 is 5.32 Å². The lowest BCUT2D eigenvalue weighted by molar-refractivity contribution is -0.126. The Morgan fingerprint density at radius 3 is 2.36 bits per heavy atom. The molecule has 0 spiro atoms. The van der Waals surface area contributed by atoms with Gasteiger partial charge in [-0.25, -0.2) is 8.42 Å². The highest BCUT2D eigenvalue weighted by Gasteiger charge is 2.32. The zero-order chi connectivity index (χ0) is 20.9. The van der Waals surface area contributed by atoms with Gasteiger partial charge in [-0.1, -0.05) is 31.5 Å². The van der Waals surface area contributed by atoms with Gasteiger partial charge in [-0.15, -0.1) is 0 Å². The van der Waals surface area contributed by atoms with Crippen LogP contribution in [0.4, 0.5) is 0 Å². The number of nitrogens with zero attached hydrogens (tertiary/aromatic N) is 2. The Bertz CT molecular complexity index is 767. The summed E-state index contributed by atoms with van der Waals surface area (Å²) in [5.41, 5.74) is 1.82. The maximum atomic E-state index is 13.0. The third-order valence-corrected chi connectivity index (χ3v) is 7.84. The Hall–Kier alpha value is -1.44. The Labute approximate surface area is 170 Å². The van der Waals surface area contributed by atoms with Gasteiger partial charge in [-0.05, 0) is 58.3 Å². The van der Waals surface area contributed by atoms with Crippen molar-refractivity contribution < 1.29 is 13.2 Å². The standard InChI is InChI=1S/C21H35N3O3S/c1-6-23(7-2)18(5)15-22-21(25)19-10-12-24(13-11-19)28(26,27)20-9-8-16(3)14-17(20)4/h8-9,14,18-19H,6-7,10-13,15H2,1-5H3,(H,22,25). The van der Waals surface area contributed by atoms with Crippen LogP contribution in [0.5, 0.6) is 0 Å². The average Bonchev–Trinajstić information content (AvgIpc) is 2.66. The van der Waals surface area contributed by atoms with E-state index in [9.17, 15) is 13.2 Å². The van der Waals surface area contributed by atoms with Crippen molar-refractivity contribution in [1.82, 2.24) is 14.5 Å². The summed E-state index contributed by atoms with van der Waals surface area (Å²) in [5, 5.41) is 3.05. The van der Waals surface area contributed by atoms with Crippen LogP contribution in [0.15, 0.2) is 23.1 Å². The number of aryl methyl sites for hydroxylation is 2. The minimum Gasteiger partial charge on any atom is -0.354 e. The molecule has 2 rings (SSSR count). The number of benzene rings is 1. The summed E-state index contributed by atoms with van der Waals surface area (Å²) in [6.45, 7) is 13.5. The summed E-state index contributed by atoms with van der Waals surface area (Å²) in [7, 11) is -3.51. The zero-order valence-corrected chi connectivity index (χ0v) is 18.7. The van der Waals surface area contributed by atoms with Crippen LogP contribution in [0.2, 0.25) is 0 Å². The smallest absolute Gasteiger partial charge is 0.243 e. The van der Waals surface area contributed by atoms with Crippen LogP contribution in [-0.4, -0.2) is 62.3 Å². The van der Waals surface area contributed by atoms with Crippen LogP contribution in [0.3, 0.4) is 0 Å². The first-order chi connectivity index (χ1) is 13.2. The van der Waals surface area contributed by atoms with E-state index in [0.29, 0.717) is 43.4 Å². The second kappa shape index (κ2) is 9.85. The molecule has 1 unspecified atom stereocenters. The fraction of sp³-hybridized carbons (Fsp3) is 0.667. The maximum absolute atomic E-state index is 13.0. The lowest BCUT2D eigenvalue weighted by atomic mass is 9.97. The minimum absolute atomic E-state index is 0.0440. The van der Waals surface area contributed by atoms with Gasteiger partial charge in [0.25, 0.3) is 0 Å². The number of rotatable bonds is 8. The van der Waals surface area contributed by atoms with Crippen molar-refractivity contribution in [2.45, 2.75) is 58.4 Å². The molecule has 1 aromatic rings. The highest BCUT2D eigenvalue weighted by Crippen LogP contribution is 2.26. The molecular weight excluding hydrogens is 374 g/mol. The zero-order valence-electron chi connectivity index (χ0n) is 17.9. The van der Waals surface area contributed by atoms with Gasteiger partial charge in [0.2, 0.25) is 15.9 Å². The van der Waals surface area contributed by atoms with Crippen molar-refractivity contribution in [2.75, 3.05) is 32.7 Å². The van der Waals surface area contributed by atoms with Gasteiger partial charge < -0.3 is 5.32 Å². The molecule has 0 aliphatic carbocycles. The molecule has 158 valence electrons. The molecule has 1 amide bonds. The van der Waals surface area contributed by atoms with Gasteiger partial charge in [0.1, 0.15) is 0 Å². The van der Waals surface area contributed by atoms with E-state index in [4.69, 9.17) is 0 Å². The van der Waals surface area contributed by atoms with Gasteiger partial charge in [0, 0.05) is 31.6 Å². The SMILES string of the molecule is CCN(CC)C(C)CNC(=O)C1CCN(S(=O)(=O)c2ccc(C)cc2C)CC1. The number of amides is 1. The van der Waals surface area contributed by atoms with Crippen molar-refractivity contribution >= 4 is 15.9 Å². The predicted molar refractivity (Wildman–Crippen MR) is 113 cm³/mol. The van der Waals surface area contributed by atoms with E-state index in [1.807, 2.05) is 26.0 Å². The Morgan fingerprint density at radius 1 is 1.21 bits per heavy atom. The van der Waals surface area contributed by atoms with Crippen molar-refractivity contribution in [3.63, 3.8) is 0 Å². The second-order valence-electron chi connectivity index (χ2n) is 7.76. The first-order valence-corrected chi connectivity index (χ1v) is 11.7. The number of carbonyl (C=O) groups is 1. The van der Waals surface area contributed by atoms with Crippen molar-refractivity contribution in [3.05, 3.63) is 29.3 Å². The number of piperidine rings is 1. The summed E-state index contributed by atoms with van der Waals surface area (Å²) in [5.74, 6) is -0.0722. The van der Waals surface area contributed by atoms with Gasteiger partial charge in [0.05, 0.1) is 4.90 Å². The first-order valence-electron chi connectivity index (χ1n) is 10.3. The predicted octanol–water partition coefficient (Wildman–Crippen LogP) is 2.55. The molecule has 1 aliphatic heterocycles. The fourth-order valence-electron chi connectivity index (χ4n) is 3.95. The molecular formula is C21H35N3O3S. The molecule has 1 aliphatic rings. The van der Waals surface area contributed by atoms with E-state index in [-0.39, 0.29) is 11.8 Å². The number of hydrogen-bond acceptors (Lipinski definition) is 4. The Balaban J connectivity index is 1.92. The first kappa shape index (κ1) is 22.8. The molecule has 1 atom stereocenters. The summed E-state index contributed by atoms with van der Waals surface area (Å²) >= 11 is 0. The molecule has 0 aromatic heterocycles. The van der Waals surface area contributed by atoms with Gasteiger partial charge >= 0.3 is 0 Å². The van der Waals surface area contributed by atoms with Crippen LogP contribution >= 0.6 is 0 Å². The molecule has 1 heterocycles. The van der Waals surface area contributed by atoms with E-state index in [2.05, 4.69) is 31.0 Å². The highest BCUT2D eigenvalue weighted by atomic mass is 32.2. The van der Waals surface area contributed by atoms with E-state index >= 15 is 0 Å². The van der Waals surface area contributed by atoms with E-state index in [0.717, 1.165) is 24.2 Å². The summed E-state index contributed by atoms with van der Waals surface area (Å²) in [6, 6.07) is 5.71. The summed E-state index contributed by atoms with van der Waals surface area (Å²) < 4.78 is 27.5. The van der Waals surface area contributed by atoms with Crippen LogP contribution in [0.25, 0.3) is 0 Å². The molecule has 28 heavy (non-hydrogen) atoms. The van der Waals surface area contributed by atoms with E-state index < -0.39 is 10.0 Å². The third-order valence-electron chi connectivity index (χ3n) is 5.78. The van der Waals surface area contributed by atoms with Crippen LogP contribution in [-0.2, 0) is 14.8 Å². The van der Waals surface area contributed by atoms with Crippen molar-refractivity contribution in [1.29, 1.82) is 0 Å². The Morgan fingerprint density at radius 2 is 1.82 bits per heavy atom. The minimum atomic E-state index is -3.51. The Kier molecular flexibility index (Phi) is 8.04. The molecule has 0 radical (unpaired) electrons. The lowest BCUT2D eigenvalue weighted by Crippen LogP contribution is -2.46. The molecule has 1 saturated heterocycles. The van der Waals surface area contributed by atoms with Crippen LogP contribution in [0, 0.1) is 19.8 Å². The molecule has 0 bridgehead atoms. The fourth-order valence-corrected chi connectivity index (χ4v) is 5.63. The molecule has 0 saturated carbocycles. The van der Waals surface area contributed by atoms with Crippen molar-refractivity contribution in [3.8, 4) is 0 Å². The summed E-state index contributed by atoms with van der Waals surface area (Å²) in [4.78, 5) is 15.2. The lowest BCUT2D eigenvalue weighted by Gasteiger charge is -2.32. The highest BCUT2D eigenvalue weighted by molar-refractivity contribution is 7.89. The average molecular weight is 410 g/mol. The number of likely N-dealkylation sites (N-methyl/N-ethyl adjacent to an activating group) is 1. The van der Waals surface area contributed by atoms with Gasteiger partial charge in [-0.3, -0.25) is 9.69 Å². The molecule has 1 N–H and O–H groups in total. The number of sulfonamides is 1. The van der Waals surface area contributed by atoms with Gasteiger partial charge in [-0.2, -0.15) is 4.31 Å². The van der Waals surface area contributed by atoms with E-state index in [1.165, 1.54) is 4.31 Å². The summed E-state index contributed by atoms with van der Waals surface area (Å²) in [6.07, 6.45) is 1.13. The topological polar surface area (TPSA) is 69.7 Å². The normalized spacial score (nSPS) is 17.6. The number of hydrogen-bond donors (Lipinski definition) is 1.